The van der Waals surface area contributed by atoms with E-state index in [4.69, 9.17) is 11.6 Å². The van der Waals surface area contributed by atoms with Crippen molar-refractivity contribution in [3.63, 3.8) is 0 Å². The van der Waals surface area contributed by atoms with Crippen molar-refractivity contribution >= 4 is 63.1 Å². The first kappa shape index (κ1) is 40.0. The molecule has 2 saturated heterocycles. The minimum atomic E-state index is -1.14. The Morgan fingerprint density at radius 3 is 2.12 bits per heavy atom. The SMILES string of the molecule is CN1CCN(CC(=O)O)CCN(C(=O)O)CCN(CC(=O)NCCCCN2C(=O)N(c3cccc(Cl)c3)C(=O)[C@]2(C)Cc2ccc(Br)cc2)CC1. The van der Waals surface area contributed by atoms with Gasteiger partial charge in [0.2, 0.25) is 5.91 Å². The molecule has 0 aromatic heterocycles. The van der Waals surface area contributed by atoms with Crippen molar-refractivity contribution in [2.24, 2.45) is 0 Å². The molecule has 2 aliphatic rings. The Balaban J connectivity index is 1.33. The van der Waals surface area contributed by atoms with E-state index in [1.807, 2.05) is 36.2 Å². The minimum absolute atomic E-state index is 0.0887. The van der Waals surface area contributed by atoms with Gasteiger partial charge >= 0.3 is 18.1 Å². The van der Waals surface area contributed by atoms with Crippen LogP contribution in [0.15, 0.2) is 53.0 Å². The number of halogens is 2. The number of carboxylic acids is 1. The quantitative estimate of drug-likeness (QED) is 0.215. The molecule has 16 heteroatoms. The van der Waals surface area contributed by atoms with Gasteiger partial charge in [-0.2, -0.15) is 0 Å². The van der Waals surface area contributed by atoms with Crippen LogP contribution >= 0.6 is 27.5 Å². The zero-order valence-electron chi connectivity index (χ0n) is 29.1. The summed E-state index contributed by atoms with van der Waals surface area (Å²) in [6.07, 6.45) is 0.339. The Hall–Kier alpha value is -3.76. The van der Waals surface area contributed by atoms with Gasteiger partial charge in [0.15, 0.2) is 0 Å². The van der Waals surface area contributed by atoms with E-state index in [1.165, 1.54) is 9.80 Å². The summed E-state index contributed by atoms with van der Waals surface area (Å²) >= 11 is 9.66. The first-order valence-corrected chi connectivity index (χ1v) is 18.2. The molecule has 0 spiro atoms. The number of carbonyl (C=O) groups excluding carboxylic acids is 3. The number of amides is 5. The third-order valence-corrected chi connectivity index (χ3v) is 10.1. The molecule has 51 heavy (non-hydrogen) atoms. The number of nitrogens with one attached hydrogen (secondary N) is 1. The van der Waals surface area contributed by atoms with E-state index in [0.717, 1.165) is 10.0 Å². The standard InChI is InChI=1S/C35H47BrClN7O7/c1-35(23-26-8-10-27(36)11-9-26)32(48)44(29-7-5-6-28(37)22-29)33(49)43(35)13-4-3-12-38-30(45)24-40-16-14-39(2)15-17-41(25-31(46)47)19-21-42(20-18-40)34(50)51/h5-11,22H,3-4,12-21,23-25H2,1-2H3,(H,38,45)(H,46,47)(H,50,51)/t35-/m0/s1. The second-order valence-corrected chi connectivity index (χ2v) is 14.6. The number of urea groups is 1. The number of benzene rings is 2. The summed E-state index contributed by atoms with van der Waals surface area (Å²) in [5, 5.41) is 22.3. The van der Waals surface area contributed by atoms with Crippen molar-refractivity contribution in [1.82, 2.24) is 29.8 Å². The molecule has 2 fully saturated rings. The van der Waals surface area contributed by atoms with Crippen molar-refractivity contribution < 1.29 is 34.2 Å². The summed E-state index contributed by atoms with van der Waals surface area (Å²) in [5.74, 6) is -1.49. The van der Waals surface area contributed by atoms with E-state index in [0.29, 0.717) is 82.3 Å². The summed E-state index contributed by atoms with van der Waals surface area (Å²) in [6, 6.07) is 13.9. The highest BCUT2D eigenvalue weighted by Gasteiger charge is 2.54. The summed E-state index contributed by atoms with van der Waals surface area (Å²) < 4.78 is 0.911. The lowest BCUT2D eigenvalue weighted by Gasteiger charge is -2.32. The number of carboxylic acid groups (broad SMARTS) is 2. The van der Waals surface area contributed by atoms with Crippen LogP contribution in [-0.2, 0) is 20.8 Å². The predicted octanol–water partition coefficient (Wildman–Crippen LogP) is 3.38. The maximum atomic E-state index is 13.9. The lowest BCUT2D eigenvalue weighted by atomic mass is 9.91. The van der Waals surface area contributed by atoms with Gasteiger partial charge in [-0.25, -0.2) is 14.5 Å². The molecule has 0 radical (unpaired) electrons. The topological polar surface area (TPSA) is 157 Å². The average Bonchev–Trinajstić information content (AvgIpc) is 3.25. The van der Waals surface area contributed by atoms with Crippen LogP contribution in [0.2, 0.25) is 5.02 Å². The van der Waals surface area contributed by atoms with Crippen LogP contribution in [0.1, 0.15) is 25.3 Å². The van der Waals surface area contributed by atoms with Crippen LogP contribution < -0.4 is 10.2 Å². The smallest absolute Gasteiger partial charge is 0.407 e. The van der Waals surface area contributed by atoms with Gasteiger partial charge < -0.3 is 30.2 Å². The average molecular weight is 793 g/mol. The maximum absolute atomic E-state index is 13.9. The summed E-state index contributed by atoms with van der Waals surface area (Å²) in [6.45, 7) is 5.60. The largest absolute Gasteiger partial charge is 0.480 e. The lowest BCUT2D eigenvalue weighted by molar-refractivity contribution is -0.138. The van der Waals surface area contributed by atoms with Gasteiger partial charge in [-0.05, 0) is 62.7 Å². The van der Waals surface area contributed by atoms with Crippen molar-refractivity contribution in [3.05, 3.63) is 63.6 Å². The molecule has 5 amide bonds. The van der Waals surface area contributed by atoms with Crippen LogP contribution in [-0.4, -0.2) is 156 Å². The van der Waals surface area contributed by atoms with Crippen LogP contribution in [0.3, 0.4) is 0 Å². The highest BCUT2D eigenvalue weighted by Crippen LogP contribution is 2.36. The lowest BCUT2D eigenvalue weighted by Crippen LogP contribution is -2.49. The highest BCUT2D eigenvalue weighted by molar-refractivity contribution is 9.10. The molecule has 0 saturated carbocycles. The van der Waals surface area contributed by atoms with E-state index in [-0.39, 0.29) is 38.0 Å². The van der Waals surface area contributed by atoms with Crippen molar-refractivity contribution in [2.75, 3.05) is 90.5 Å². The minimum Gasteiger partial charge on any atom is -0.480 e. The number of imide groups is 1. The Bertz CT molecular complexity index is 1550. The number of rotatable bonds is 12. The molecular formula is C35H47BrClN7O7. The number of hydrogen-bond acceptors (Lipinski definition) is 8. The monoisotopic (exact) mass is 791 g/mol. The summed E-state index contributed by atoms with van der Waals surface area (Å²) in [5.41, 5.74) is 0.184. The first-order valence-electron chi connectivity index (χ1n) is 17.0. The molecule has 0 bridgehead atoms. The van der Waals surface area contributed by atoms with E-state index in [9.17, 15) is 34.2 Å². The van der Waals surface area contributed by atoms with Gasteiger partial charge in [-0.15, -0.1) is 0 Å². The molecule has 0 unspecified atom stereocenters. The van der Waals surface area contributed by atoms with Gasteiger partial charge in [0.05, 0.1) is 18.8 Å². The molecule has 0 aliphatic carbocycles. The van der Waals surface area contributed by atoms with Crippen molar-refractivity contribution in [2.45, 2.75) is 31.7 Å². The van der Waals surface area contributed by atoms with E-state index < -0.39 is 23.6 Å². The van der Waals surface area contributed by atoms with E-state index >= 15 is 0 Å². The molecule has 14 nitrogen and oxygen atoms in total. The molecule has 2 aliphatic heterocycles. The molecule has 2 aromatic carbocycles. The Labute approximate surface area is 312 Å². The number of anilines is 1. The molecular weight excluding hydrogens is 746 g/mol. The molecule has 2 aromatic rings. The molecule has 278 valence electrons. The fourth-order valence-corrected chi connectivity index (χ4v) is 6.76. The molecule has 2 heterocycles. The Morgan fingerprint density at radius 1 is 0.882 bits per heavy atom. The molecule has 3 N–H and O–H groups in total. The molecule has 1 atom stereocenters. The van der Waals surface area contributed by atoms with Crippen molar-refractivity contribution in [3.8, 4) is 0 Å². The maximum Gasteiger partial charge on any atom is 0.407 e. The van der Waals surface area contributed by atoms with Crippen LogP contribution in [0.25, 0.3) is 0 Å². The number of aliphatic carboxylic acids is 1. The zero-order chi connectivity index (χ0) is 37.1. The number of likely N-dealkylation sites (N-methyl/N-ethyl adjacent to an activating group) is 1. The van der Waals surface area contributed by atoms with Gasteiger partial charge in [0.25, 0.3) is 5.91 Å². The van der Waals surface area contributed by atoms with Crippen LogP contribution in [0.4, 0.5) is 15.3 Å². The number of nitrogens with zero attached hydrogens (tertiary/aromatic N) is 6. The third-order valence-electron chi connectivity index (χ3n) is 9.31. The van der Waals surface area contributed by atoms with Crippen molar-refractivity contribution in [1.29, 1.82) is 0 Å². The van der Waals surface area contributed by atoms with Gasteiger partial charge in [0.1, 0.15) is 5.54 Å². The normalized spacial score (nSPS) is 20.3. The second kappa shape index (κ2) is 18.6. The third kappa shape index (κ3) is 11.4. The number of carbonyl (C=O) groups is 5. The Morgan fingerprint density at radius 2 is 1.51 bits per heavy atom. The van der Waals surface area contributed by atoms with Crippen LogP contribution in [0, 0.1) is 0 Å². The number of unbranched alkanes of at least 4 members (excludes halogenated alkanes) is 1. The second-order valence-electron chi connectivity index (χ2n) is 13.2. The van der Waals surface area contributed by atoms with Gasteiger partial charge in [-0.3, -0.25) is 24.2 Å². The fourth-order valence-electron chi connectivity index (χ4n) is 6.31. The molecule has 4 rings (SSSR count). The Kier molecular flexibility index (Phi) is 14.6. The van der Waals surface area contributed by atoms with Gasteiger partial charge in [-0.1, -0.05) is 45.7 Å². The first-order chi connectivity index (χ1) is 24.3. The fraction of sp³-hybridized carbons (Fsp3) is 0.514. The van der Waals surface area contributed by atoms with Gasteiger partial charge in [0, 0.05) is 81.4 Å². The number of hydrogen-bond donors (Lipinski definition) is 3. The summed E-state index contributed by atoms with van der Waals surface area (Å²) in [7, 11) is 1.93. The van der Waals surface area contributed by atoms with E-state index in [2.05, 4.69) is 26.1 Å². The van der Waals surface area contributed by atoms with E-state index in [1.54, 1.807) is 41.0 Å². The van der Waals surface area contributed by atoms with Crippen LogP contribution in [0.5, 0.6) is 0 Å². The highest BCUT2D eigenvalue weighted by atomic mass is 79.9. The summed E-state index contributed by atoms with van der Waals surface area (Å²) in [4.78, 5) is 73.7. The zero-order valence-corrected chi connectivity index (χ0v) is 31.4. The predicted molar refractivity (Wildman–Crippen MR) is 197 cm³/mol.